The molecule has 2 fully saturated rings. The zero-order valence-corrected chi connectivity index (χ0v) is 12.0. The second-order valence-corrected chi connectivity index (χ2v) is 7.28. The number of morpholine rings is 1. The maximum atomic E-state index is 5.37. The topological polar surface area (TPSA) is 24.5 Å². The number of nitrogens with zero attached hydrogens (tertiary/aromatic N) is 1. The molecular weight excluding hydrogens is 232 g/mol. The van der Waals surface area contributed by atoms with Crippen LogP contribution in [0.2, 0.25) is 0 Å². The van der Waals surface area contributed by atoms with Crippen molar-refractivity contribution in [2.45, 2.75) is 37.5 Å². The maximum absolute atomic E-state index is 5.37. The van der Waals surface area contributed by atoms with Crippen molar-refractivity contribution in [2.24, 2.45) is 0 Å². The smallest absolute Gasteiger partial charge is 0.0594 e. The summed E-state index contributed by atoms with van der Waals surface area (Å²) in [5, 5.41) is 3.71. The molecule has 0 aliphatic carbocycles. The molecule has 0 radical (unpaired) electrons. The molecule has 4 heteroatoms. The fourth-order valence-corrected chi connectivity index (χ4v) is 3.86. The number of hydrogen-bond donors (Lipinski definition) is 1. The number of hydrogen-bond acceptors (Lipinski definition) is 4. The van der Waals surface area contributed by atoms with Crippen molar-refractivity contribution >= 4 is 11.8 Å². The molecule has 2 unspecified atom stereocenters. The third-order valence-electron chi connectivity index (χ3n) is 3.76. The highest BCUT2D eigenvalue weighted by molar-refractivity contribution is 8.00. The van der Waals surface area contributed by atoms with E-state index >= 15 is 0 Å². The van der Waals surface area contributed by atoms with Gasteiger partial charge in [0.15, 0.2) is 0 Å². The lowest BCUT2D eigenvalue weighted by atomic mass is 10.1. The molecule has 0 aromatic heterocycles. The minimum Gasteiger partial charge on any atom is -0.379 e. The van der Waals surface area contributed by atoms with Gasteiger partial charge in [0.2, 0.25) is 0 Å². The van der Waals surface area contributed by atoms with E-state index in [1.54, 1.807) is 0 Å². The van der Waals surface area contributed by atoms with Crippen LogP contribution in [0.15, 0.2) is 0 Å². The summed E-state index contributed by atoms with van der Waals surface area (Å²) in [5.41, 5.74) is 0. The summed E-state index contributed by atoms with van der Waals surface area (Å²) in [5.74, 6) is 1.34. The Balaban J connectivity index is 1.64. The summed E-state index contributed by atoms with van der Waals surface area (Å²) in [6, 6.07) is 0.589. The maximum Gasteiger partial charge on any atom is 0.0594 e. The third kappa shape index (κ3) is 4.43. The van der Waals surface area contributed by atoms with Gasteiger partial charge in [-0.3, -0.25) is 4.90 Å². The van der Waals surface area contributed by atoms with Crippen molar-refractivity contribution in [1.29, 1.82) is 0 Å². The first-order valence-corrected chi connectivity index (χ1v) is 7.84. The second-order valence-electron chi connectivity index (χ2n) is 5.60. The summed E-state index contributed by atoms with van der Waals surface area (Å²) in [4.78, 5) is 2.51. The molecule has 0 saturated carbocycles. The standard InChI is InChI=1S/C13H26N2OS/c1-12(10-15-5-7-16-8-6-15)14-11-13(2)4-3-9-17-13/h12,14H,3-11H2,1-2H3. The largest absolute Gasteiger partial charge is 0.379 e. The normalized spacial score (nSPS) is 32.8. The number of rotatable bonds is 5. The van der Waals surface area contributed by atoms with Gasteiger partial charge < -0.3 is 10.1 Å². The molecule has 0 spiro atoms. The Hall–Kier alpha value is 0.230. The van der Waals surface area contributed by atoms with E-state index in [1.807, 2.05) is 0 Å². The van der Waals surface area contributed by atoms with Crippen molar-refractivity contribution in [3.8, 4) is 0 Å². The summed E-state index contributed by atoms with van der Waals surface area (Å²) >= 11 is 2.14. The molecule has 2 heterocycles. The predicted octanol–water partition coefficient (Wildman–Crippen LogP) is 1.58. The zero-order valence-electron chi connectivity index (χ0n) is 11.2. The highest BCUT2D eigenvalue weighted by Gasteiger charge is 2.29. The molecule has 2 atom stereocenters. The van der Waals surface area contributed by atoms with Crippen molar-refractivity contribution in [2.75, 3.05) is 45.1 Å². The Kier molecular flexibility index (Phi) is 5.15. The van der Waals surface area contributed by atoms with Gasteiger partial charge in [-0.15, -0.1) is 0 Å². The van der Waals surface area contributed by atoms with Crippen LogP contribution in [0, 0.1) is 0 Å². The van der Waals surface area contributed by atoms with Crippen LogP contribution >= 0.6 is 11.8 Å². The molecule has 0 aromatic carbocycles. The van der Waals surface area contributed by atoms with Crippen molar-refractivity contribution in [3.63, 3.8) is 0 Å². The highest BCUT2D eigenvalue weighted by Crippen LogP contribution is 2.36. The lowest BCUT2D eigenvalue weighted by Crippen LogP contribution is -2.47. The van der Waals surface area contributed by atoms with Gasteiger partial charge in [0.25, 0.3) is 0 Å². The summed E-state index contributed by atoms with van der Waals surface area (Å²) in [6.07, 6.45) is 2.76. The Bertz CT molecular complexity index is 225. The van der Waals surface area contributed by atoms with E-state index in [-0.39, 0.29) is 0 Å². The second kappa shape index (κ2) is 6.41. The first kappa shape index (κ1) is 13.7. The van der Waals surface area contributed by atoms with E-state index in [0.717, 1.165) is 39.4 Å². The molecule has 2 aliphatic heterocycles. The fourth-order valence-electron chi connectivity index (χ4n) is 2.60. The van der Waals surface area contributed by atoms with Gasteiger partial charge in [0, 0.05) is 37.0 Å². The summed E-state index contributed by atoms with van der Waals surface area (Å²) in [6.45, 7) is 11.0. The van der Waals surface area contributed by atoms with Crippen LogP contribution in [-0.2, 0) is 4.74 Å². The average molecular weight is 258 g/mol. The quantitative estimate of drug-likeness (QED) is 0.809. The van der Waals surface area contributed by atoms with E-state index in [9.17, 15) is 0 Å². The molecule has 1 N–H and O–H groups in total. The van der Waals surface area contributed by atoms with Gasteiger partial charge in [-0.25, -0.2) is 0 Å². The third-order valence-corrected chi connectivity index (χ3v) is 5.30. The lowest BCUT2D eigenvalue weighted by Gasteiger charge is -2.31. The van der Waals surface area contributed by atoms with Gasteiger partial charge in [-0.2, -0.15) is 11.8 Å². The van der Waals surface area contributed by atoms with Gasteiger partial charge in [-0.05, 0) is 32.4 Å². The van der Waals surface area contributed by atoms with E-state index in [4.69, 9.17) is 4.74 Å². The Morgan fingerprint density at radius 3 is 2.82 bits per heavy atom. The average Bonchev–Trinajstić information content (AvgIpc) is 2.76. The van der Waals surface area contributed by atoms with Crippen LogP contribution in [0.5, 0.6) is 0 Å². The molecule has 0 bridgehead atoms. The molecule has 2 saturated heterocycles. The van der Waals surface area contributed by atoms with E-state index in [2.05, 4.69) is 35.8 Å². The van der Waals surface area contributed by atoms with Crippen LogP contribution < -0.4 is 5.32 Å². The molecule has 0 aromatic rings. The van der Waals surface area contributed by atoms with Crippen LogP contribution in [0.3, 0.4) is 0 Å². The van der Waals surface area contributed by atoms with Crippen LogP contribution in [-0.4, -0.2) is 60.8 Å². The lowest BCUT2D eigenvalue weighted by molar-refractivity contribution is 0.0343. The molecule has 0 amide bonds. The van der Waals surface area contributed by atoms with Crippen LogP contribution in [0.25, 0.3) is 0 Å². The van der Waals surface area contributed by atoms with Crippen LogP contribution in [0.4, 0.5) is 0 Å². The van der Waals surface area contributed by atoms with E-state index < -0.39 is 0 Å². The fraction of sp³-hybridized carbons (Fsp3) is 1.00. The Labute approximate surface area is 110 Å². The Morgan fingerprint density at radius 1 is 1.41 bits per heavy atom. The van der Waals surface area contributed by atoms with Crippen molar-refractivity contribution in [1.82, 2.24) is 10.2 Å². The number of nitrogens with one attached hydrogen (secondary N) is 1. The van der Waals surface area contributed by atoms with Gasteiger partial charge >= 0.3 is 0 Å². The number of ether oxygens (including phenoxy) is 1. The van der Waals surface area contributed by atoms with Crippen molar-refractivity contribution < 1.29 is 4.74 Å². The summed E-state index contributed by atoms with van der Waals surface area (Å²) < 4.78 is 5.86. The van der Waals surface area contributed by atoms with Crippen LogP contribution in [0.1, 0.15) is 26.7 Å². The predicted molar refractivity (Wildman–Crippen MR) is 74.8 cm³/mol. The zero-order chi connectivity index (χ0) is 12.1. The van der Waals surface area contributed by atoms with E-state index in [0.29, 0.717) is 10.8 Å². The van der Waals surface area contributed by atoms with Gasteiger partial charge in [0.1, 0.15) is 0 Å². The molecule has 100 valence electrons. The highest BCUT2D eigenvalue weighted by atomic mass is 32.2. The first-order valence-electron chi connectivity index (χ1n) is 6.85. The minimum atomic E-state index is 0.485. The molecule has 3 nitrogen and oxygen atoms in total. The van der Waals surface area contributed by atoms with Crippen molar-refractivity contribution in [3.05, 3.63) is 0 Å². The first-order chi connectivity index (χ1) is 8.18. The van der Waals surface area contributed by atoms with Gasteiger partial charge in [-0.1, -0.05) is 0 Å². The monoisotopic (exact) mass is 258 g/mol. The number of thioether (sulfide) groups is 1. The summed E-state index contributed by atoms with van der Waals surface area (Å²) in [7, 11) is 0. The SMILES string of the molecule is CC(CN1CCOCC1)NCC1(C)CCCS1. The molecule has 2 aliphatic rings. The molecular formula is C13H26N2OS. The van der Waals surface area contributed by atoms with Gasteiger partial charge in [0.05, 0.1) is 13.2 Å². The molecule has 17 heavy (non-hydrogen) atoms. The minimum absolute atomic E-state index is 0.485. The van der Waals surface area contributed by atoms with E-state index in [1.165, 1.54) is 18.6 Å². The Morgan fingerprint density at radius 2 is 2.18 bits per heavy atom. The molecule has 2 rings (SSSR count).